The van der Waals surface area contributed by atoms with Crippen molar-refractivity contribution in [3.8, 4) is 5.75 Å². The third-order valence-corrected chi connectivity index (χ3v) is 4.73. The van der Waals surface area contributed by atoms with Gasteiger partial charge in [0, 0.05) is 42.7 Å². The molecule has 126 valence electrons. The fourth-order valence-electron chi connectivity index (χ4n) is 3.57. The number of hydrogen-bond donors (Lipinski definition) is 2. The maximum absolute atomic E-state index is 11.5. The Morgan fingerprint density at radius 2 is 2.13 bits per heavy atom. The number of likely N-dealkylation sites (tertiary alicyclic amines) is 1. The Balaban J connectivity index is 1.71. The van der Waals surface area contributed by atoms with Gasteiger partial charge in [0.15, 0.2) is 0 Å². The quantitative estimate of drug-likeness (QED) is 0.897. The van der Waals surface area contributed by atoms with Crippen LogP contribution in [0, 0.1) is 0 Å². The average Bonchev–Trinajstić information content (AvgIpc) is 2.90. The van der Waals surface area contributed by atoms with Gasteiger partial charge in [0.25, 0.3) is 0 Å². The van der Waals surface area contributed by atoms with Gasteiger partial charge in [-0.15, -0.1) is 0 Å². The zero-order valence-electron chi connectivity index (χ0n) is 14.1. The van der Waals surface area contributed by atoms with Crippen LogP contribution in [0.1, 0.15) is 39.2 Å². The molecule has 0 spiro atoms. The number of rotatable bonds is 3. The van der Waals surface area contributed by atoms with Crippen LogP contribution >= 0.6 is 0 Å². The smallest absolute Gasteiger partial charge is 0.224 e. The standard InChI is InChI=1S/C18H26N2O3/c1-18(2,3)20-10-15(8-13(20)11-21)23-14-6-4-12-5-7-17(22)19-16(12)9-14/h4,6,9,13,15,21H,5,7-8,10-11H2,1-3H3,(H,19,22)/t13-,15+/m1/s1. The molecule has 3 rings (SSSR count). The largest absolute Gasteiger partial charge is 0.489 e. The highest BCUT2D eigenvalue weighted by Crippen LogP contribution is 2.31. The average molecular weight is 318 g/mol. The Labute approximate surface area is 137 Å². The molecule has 0 aliphatic carbocycles. The number of aliphatic hydroxyl groups is 1. The first-order chi connectivity index (χ1) is 10.9. The first-order valence-electron chi connectivity index (χ1n) is 8.34. The molecule has 2 aliphatic rings. The van der Waals surface area contributed by atoms with E-state index in [0.717, 1.165) is 36.4 Å². The van der Waals surface area contributed by atoms with Crippen LogP contribution in [0.3, 0.4) is 0 Å². The highest BCUT2D eigenvalue weighted by atomic mass is 16.5. The lowest BCUT2D eigenvalue weighted by molar-refractivity contribution is -0.116. The van der Waals surface area contributed by atoms with Crippen LogP contribution in [0.2, 0.25) is 0 Å². The van der Waals surface area contributed by atoms with E-state index in [1.54, 1.807) is 0 Å². The minimum atomic E-state index is 0.00926. The Bertz CT molecular complexity index is 594. The Hall–Kier alpha value is -1.59. The highest BCUT2D eigenvalue weighted by molar-refractivity contribution is 5.94. The van der Waals surface area contributed by atoms with Crippen LogP contribution in [-0.4, -0.2) is 46.7 Å². The molecular formula is C18H26N2O3. The molecule has 0 bridgehead atoms. The van der Waals surface area contributed by atoms with Crippen molar-refractivity contribution >= 4 is 11.6 Å². The SMILES string of the molecule is CC(C)(C)N1C[C@@H](Oc2ccc3c(c2)NC(=O)CC3)C[C@@H]1CO. The van der Waals surface area contributed by atoms with Crippen LogP contribution in [0.15, 0.2) is 18.2 Å². The second kappa shape index (κ2) is 6.13. The van der Waals surface area contributed by atoms with Gasteiger partial charge in [0.05, 0.1) is 6.61 Å². The number of hydrogen-bond acceptors (Lipinski definition) is 4. The second-order valence-electron chi connectivity index (χ2n) is 7.50. The van der Waals surface area contributed by atoms with E-state index in [1.807, 2.05) is 18.2 Å². The molecule has 5 heteroatoms. The van der Waals surface area contributed by atoms with Crippen LogP contribution < -0.4 is 10.1 Å². The third-order valence-electron chi connectivity index (χ3n) is 4.73. The molecule has 5 nitrogen and oxygen atoms in total. The van der Waals surface area contributed by atoms with Crippen LogP contribution in [-0.2, 0) is 11.2 Å². The van der Waals surface area contributed by atoms with Crippen molar-refractivity contribution in [3.05, 3.63) is 23.8 Å². The van der Waals surface area contributed by atoms with Crippen molar-refractivity contribution < 1.29 is 14.6 Å². The fraction of sp³-hybridized carbons (Fsp3) is 0.611. The molecule has 1 aromatic carbocycles. The molecular weight excluding hydrogens is 292 g/mol. The number of amides is 1. The Kier molecular flexibility index (Phi) is 4.34. The summed E-state index contributed by atoms with van der Waals surface area (Å²) in [7, 11) is 0. The minimum absolute atomic E-state index is 0.00926. The van der Waals surface area contributed by atoms with E-state index in [0.29, 0.717) is 6.42 Å². The number of aryl methyl sites for hydroxylation is 1. The van der Waals surface area contributed by atoms with Gasteiger partial charge in [0.2, 0.25) is 5.91 Å². The molecule has 2 aliphatic heterocycles. The van der Waals surface area contributed by atoms with Crippen molar-refractivity contribution in [1.82, 2.24) is 4.90 Å². The summed E-state index contributed by atoms with van der Waals surface area (Å²) in [5.74, 6) is 0.846. The summed E-state index contributed by atoms with van der Waals surface area (Å²) in [6.45, 7) is 7.43. The molecule has 0 unspecified atom stereocenters. The number of carbonyl (C=O) groups excluding carboxylic acids is 1. The first-order valence-corrected chi connectivity index (χ1v) is 8.34. The summed E-state index contributed by atoms with van der Waals surface area (Å²) in [6.07, 6.45) is 2.21. The van der Waals surface area contributed by atoms with Crippen LogP contribution in [0.25, 0.3) is 0 Å². The predicted molar refractivity (Wildman–Crippen MR) is 89.8 cm³/mol. The van der Waals surface area contributed by atoms with Gasteiger partial charge in [-0.1, -0.05) is 6.07 Å². The number of carbonyl (C=O) groups is 1. The molecule has 0 radical (unpaired) electrons. The van der Waals surface area contributed by atoms with Crippen molar-refractivity contribution in [2.24, 2.45) is 0 Å². The Morgan fingerprint density at radius 1 is 1.35 bits per heavy atom. The molecule has 2 N–H and O–H groups in total. The lowest BCUT2D eigenvalue weighted by Crippen LogP contribution is -2.46. The normalized spacial score (nSPS) is 25.1. The van der Waals surface area contributed by atoms with Gasteiger partial charge in [-0.3, -0.25) is 9.69 Å². The van der Waals surface area contributed by atoms with Crippen molar-refractivity contribution in [2.75, 3.05) is 18.5 Å². The van der Waals surface area contributed by atoms with Crippen LogP contribution in [0.5, 0.6) is 5.75 Å². The third kappa shape index (κ3) is 3.51. The highest BCUT2D eigenvalue weighted by Gasteiger charge is 2.38. The second-order valence-corrected chi connectivity index (χ2v) is 7.50. The summed E-state index contributed by atoms with van der Waals surface area (Å²) in [5, 5.41) is 12.5. The van der Waals surface area contributed by atoms with Gasteiger partial charge in [-0.05, 0) is 38.8 Å². The number of anilines is 1. The molecule has 2 atom stereocenters. The maximum atomic E-state index is 11.5. The molecule has 2 heterocycles. The van der Waals surface area contributed by atoms with E-state index in [9.17, 15) is 9.90 Å². The Morgan fingerprint density at radius 3 is 2.78 bits per heavy atom. The van der Waals surface area contributed by atoms with Gasteiger partial charge in [-0.25, -0.2) is 0 Å². The molecule has 23 heavy (non-hydrogen) atoms. The summed E-state index contributed by atoms with van der Waals surface area (Å²) >= 11 is 0. The minimum Gasteiger partial charge on any atom is -0.489 e. The topological polar surface area (TPSA) is 61.8 Å². The van der Waals surface area contributed by atoms with E-state index in [-0.39, 0.29) is 30.2 Å². The molecule has 1 fully saturated rings. The maximum Gasteiger partial charge on any atom is 0.224 e. The van der Waals surface area contributed by atoms with Crippen LogP contribution in [0.4, 0.5) is 5.69 Å². The lowest BCUT2D eigenvalue weighted by Gasteiger charge is -2.35. The van der Waals surface area contributed by atoms with E-state index in [4.69, 9.17) is 4.74 Å². The van der Waals surface area contributed by atoms with Crippen molar-refractivity contribution in [1.29, 1.82) is 0 Å². The zero-order valence-corrected chi connectivity index (χ0v) is 14.1. The van der Waals surface area contributed by atoms with Gasteiger partial charge < -0.3 is 15.2 Å². The number of nitrogens with zero attached hydrogens (tertiary/aromatic N) is 1. The van der Waals surface area contributed by atoms with E-state index >= 15 is 0 Å². The molecule has 0 saturated carbocycles. The number of nitrogens with one attached hydrogen (secondary N) is 1. The first kappa shape index (κ1) is 16.3. The monoisotopic (exact) mass is 318 g/mol. The fourth-order valence-corrected chi connectivity index (χ4v) is 3.57. The van der Waals surface area contributed by atoms with Gasteiger partial charge >= 0.3 is 0 Å². The lowest BCUT2D eigenvalue weighted by atomic mass is 10.0. The molecule has 1 aromatic rings. The van der Waals surface area contributed by atoms with E-state index < -0.39 is 0 Å². The molecule has 0 aromatic heterocycles. The molecule has 1 saturated heterocycles. The van der Waals surface area contributed by atoms with Gasteiger partial charge in [-0.2, -0.15) is 0 Å². The van der Waals surface area contributed by atoms with E-state index in [1.165, 1.54) is 0 Å². The van der Waals surface area contributed by atoms with Gasteiger partial charge in [0.1, 0.15) is 11.9 Å². The summed E-state index contributed by atoms with van der Waals surface area (Å²) < 4.78 is 6.13. The van der Waals surface area contributed by atoms with E-state index in [2.05, 4.69) is 31.0 Å². The number of benzene rings is 1. The number of aliphatic hydroxyl groups excluding tert-OH is 1. The van der Waals surface area contributed by atoms with Crippen molar-refractivity contribution in [3.63, 3.8) is 0 Å². The number of ether oxygens (including phenoxy) is 1. The zero-order chi connectivity index (χ0) is 16.6. The summed E-state index contributed by atoms with van der Waals surface area (Å²) in [6, 6.07) is 6.06. The van der Waals surface area contributed by atoms with Crippen molar-refractivity contribution in [2.45, 2.75) is 57.7 Å². The predicted octanol–water partition coefficient (Wildman–Crippen LogP) is 2.18. The summed E-state index contributed by atoms with van der Waals surface area (Å²) in [5.41, 5.74) is 2.03. The summed E-state index contributed by atoms with van der Waals surface area (Å²) in [4.78, 5) is 13.8. The number of fused-ring (bicyclic) bond motifs is 1. The molecule has 1 amide bonds.